The minimum absolute atomic E-state index is 0.143. The fourth-order valence-electron chi connectivity index (χ4n) is 2.44. The third kappa shape index (κ3) is 3.81. The summed E-state index contributed by atoms with van der Waals surface area (Å²) in [5.41, 5.74) is 0.714. The van der Waals surface area contributed by atoms with Crippen molar-refractivity contribution in [2.75, 3.05) is 33.9 Å². The summed E-state index contributed by atoms with van der Waals surface area (Å²) < 4.78 is 11.3. The molecule has 0 amide bonds. The van der Waals surface area contributed by atoms with Gasteiger partial charge in [0, 0.05) is 25.8 Å². The molecule has 5 heteroatoms. The molecule has 1 aromatic rings. The van der Waals surface area contributed by atoms with Gasteiger partial charge in [0.15, 0.2) is 5.78 Å². The van der Waals surface area contributed by atoms with E-state index >= 15 is 0 Å². The van der Waals surface area contributed by atoms with Crippen molar-refractivity contribution < 1.29 is 14.3 Å². The summed E-state index contributed by atoms with van der Waals surface area (Å²) in [5.74, 6) is 0.881. The Balaban J connectivity index is 1.93. The second-order valence-corrected chi connectivity index (χ2v) is 5.84. The molecule has 0 aromatic heterocycles. The lowest BCUT2D eigenvalue weighted by molar-refractivity contribution is 0.0401. The molecule has 0 unspecified atom stereocenters. The highest BCUT2D eigenvalue weighted by Gasteiger charge is 2.21. The predicted molar refractivity (Wildman–Crippen MR) is 81.5 cm³/mol. The normalized spacial score (nSPS) is 17.1. The van der Waals surface area contributed by atoms with Crippen molar-refractivity contribution in [3.8, 4) is 5.75 Å². The monoisotopic (exact) mass is 341 g/mol. The first-order valence-electron chi connectivity index (χ1n) is 6.76. The van der Waals surface area contributed by atoms with Crippen LogP contribution < -0.4 is 4.74 Å². The summed E-state index contributed by atoms with van der Waals surface area (Å²) >= 11 is 3.41. The van der Waals surface area contributed by atoms with Gasteiger partial charge < -0.3 is 9.47 Å². The SMILES string of the molecule is COc1ccc(C(=O)CN2CCC(OC)CC2)cc1Br. The number of carbonyl (C=O) groups excluding carboxylic acids is 1. The highest BCUT2D eigenvalue weighted by atomic mass is 79.9. The van der Waals surface area contributed by atoms with Crippen molar-refractivity contribution in [2.45, 2.75) is 18.9 Å². The van der Waals surface area contributed by atoms with Gasteiger partial charge in [-0.1, -0.05) is 0 Å². The molecule has 1 saturated heterocycles. The molecule has 110 valence electrons. The van der Waals surface area contributed by atoms with Crippen LogP contribution in [0.3, 0.4) is 0 Å². The minimum atomic E-state index is 0.143. The van der Waals surface area contributed by atoms with Crippen molar-refractivity contribution in [1.29, 1.82) is 0 Å². The van der Waals surface area contributed by atoms with E-state index in [2.05, 4.69) is 20.8 Å². The number of piperidine rings is 1. The highest BCUT2D eigenvalue weighted by molar-refractivity contribution is 9.10. The number of ether oxygens (including phenoxy) is 2. The molecule has 20 heavy (non-hydrogen) atoms. The summed E-state index contributed by atoms with van der Waals surface area (Å²) in [5, 5.41) is 0. The molecule has 4 nitrogen and oxygen atoms in total. The van der Waals surface area contributed by atoms with Crippen molar-refractivity contribution in [2.24, 2.45) is 0 Å². The summed E-state index contributed by atoms with van der Waals surface area (Å²) in [6, 6.07) is 5.45. The third-order valence-electron chi connectivity index (χ3n) is 3.71. The molecule has 1 aliphatic heterocycles. The second-order valence-electron chi connectivity index (χ2n) is 4.98. The maximum atomic E-state index is 12.3. The van der Waals surface area contributed by atoms with Crippen LogP contribution in [0.4, 0.5) is 0 Å². The lowest BCUT2D eigenvalue weighted by Crippen LogP contribution is -2.39. The number of rotatable bonds is 5. The van der Waals surface area contributed by atoms with E-state index in [1.165, 1.54) is 0 Å². The smallest absolute Gasteiger partial charge is 0.176 e. The minimum Gasteiger partial charge on any atom is -0.496 e. The molecule has 0 radical (unpaired) electrons. The molecule has 1 heterocycles. The maximum absolute atomic E-state index is 12.3. The van der Waals surface area contributed by atoms with E-state index in [9.17, 15) is 4.79 Å². The third-order valence-corrected chi connectivity index (χ3v) is 4.33. The number of likely N-dealkylation sites (tertiary alicyclic amines) is 1. The largest absolute Gasteiger partial charge is 0.496 e. The molecule has 1 aromatic carbocycles. The topological polar surface area (TPSA) is 38.8 Å². The molecule has 0 spiro atoms. The predicted octanol–water partition coefficient (Wildman–Crippen LogP) is 2.75. The standard InChI is InChI=1S/C15H20BrNO3/c1-19-12-5-7-17(8-6-12)10-14(18)11-3-4-15(20-2)13(16)9-11/h3-4,9,12H,5-8,10H2,1-2H3. The Morgan fingerprint density at radius 2 is 2.05 bits per heavy atom. The van der Waals surface area contributed by atoms with Gasteiger partial charge in [-0.15, -0.1) is 0 Å². The highest BCUT2D eigenvalue weighted by Crippen LogP contribution is 2.26. The summed E-state index contributed by atoms with van der Waals surface area (Å²) in [4.78, 5) is 14.5. The van der Waals surface area contributed by atoms with Gasteiger partial charge in [-0.3, -0.25) is 9.69 Å². The van der Waals surface area contributed by atoms with Crippen LogP contribution in [0.25, 0.3) is 0 Å². The summed E-state index contributed by atoms with van der Waals surface area (Å²) in [6.45, 7) is 2.30. The van der Waals surface area contributed by atoms with Crippen LogP contribution in [0, 0.1) is 0 Å². The molecule has 0 N–H and O–H groups in total. The van der Waals surface area contributed by atoms with E-state index in [1.807, 2.05) is 18.2 Å². The van der Waals surface area contributed by atoms with E-state index in [0.717, 1.165) is 36.2 Å². The van der Waals surface area contributed by atoms with Crippen LogP contribution in [0.15, 0.2) is 22.7 Å². The first kappa shape index (κ1) is 15.5. The summed E-state index contributed by atoms with van der Waals surface area (Å²) in [7, 11) is 3.36. The van der Waals surface area contributed by atoms with Crippen LogP contribution in [0.5, 0.6) is 5.75 Å². The Kier molecular flexibility index (Phi) is 5.57. The molecule has 0 aliphatic carbocycles. The van der Waals surface area contributed by atoms with Gasteiger partial charge in [0.1, 0.15) is 5.75 Å². The quantitative estimate of drug-likeness (QED) is 0.772. The fraction of sp³-hybridized carbons (Fsp3) is 0.533. The van der Waals surface area contributed by atoms with Gasteiger partial charge in [0.05, 0.1) is 24.2 Å². The number of hydrogen-bond acceptors (Lipinski definition) is 4. The number of halogens is 1. The maximum Gasteiger partial charge on any atom is 0.176 e. The Morgan fingerprint density at radius 3 is 2.60 bits per heavy atom. The van der Waals surface area contributed by atoms with Crippen LogP contribution in [0.1, 0.15) is 23.2 Å². The number of hydrogen-bond donors (Lipinski definition) is 0. The molecule has 1 aliphatic rings. The fourth-order valence-corrected chi connectivity index (χ4v) is 2.98. The molecule has 1 fully saturated rings. The molecule has 0 bridgehead atoms. The Labute approximate surface area is 128 Å². The number of Topliss-reactive ketones (excluding diaryl/α,β-unsaturated/α-hetero) is 1. The van der Waals surface area contributed by atoms with Gasteiger partial charge >= 0.3 is 0 Å². The second kappa shape index (κ2) is 7.20. The van der Waals surface area contributed by atoms with E-state index in [-0.39, 0.29) is 5.78 Å². The summed E-state index contributed by atoms with van der Waals surface area (Å²) in [6.07, 6.45) is 2.34. The number of nitrogens with zero attached hydrogens (tertiary/aromatic N) is 1. The zero-order valence-corrected chi connectivity index (χ0v) is 13.5. The van der Waals surface area contributed by atoms with Crippen molar-refractivity contribution in [3.63, 3.8) is 0 Å². The molecule has 2 rings (SSSR count). The molecule has 0 atom stereocenters. The van der Waals surface area contributed by atoms with Crippen LogP contribution >= 0.6 is 15.9 Å². The van der Waals surface area contributed by atoms with Crippen molar-refractivity contribution in [1.82, 2.24) is 4.90 Å². The zero-order valence-electron chi connectivity index (χ0n) is 11.9. The van der Waals surface area contributed by atoms with E-state index in [0.29, 0.717) is 18.2 Å². The average molecular weight is 342 g/mol. The van der Waals surface area contributed by atoms with Crippen LogP contribution in [-0.2, 0) is 4.74 Å². The van der Waals surface area contributed by atoms with Gasteiger partial charge in [-0.2, -0.15) is 0 Å². The number of carbonyl (C=O) groups is 1. The van der Waals surface area contributed by atoms with Gasteiger partial charge in [-0.05, 0) is 47.0 Å². The molecule has 0 saturated carbocycles. The number of methoxy groups -OCH3 is 2. The lowest BCUT2D eigenvalue weighted by atomic mass is 10.1. The van der Waals surface area contributed by atoms with Crippen LogP contribution in [0.2, 0.25) is 0 Å². The average Bonchev–Trinajstić information content (AvgIpc) is 2.48. The Bertz CT molecular complexity index is 470. The van der Waals surface area contributed by atoms with Crippen LogP contribution in [-0.4, -0.2) is 50.6 Å². The number of ketones is 1. The molecular formula is C15H20BrNO3. The number of benzene rings is 1. The Morgan fingerprint density at radius 1 is 1.35 bits per heavy atom. The molecular weight excluding hydrogens is 322 g/mol. The Hall–Kier alpha value is -0.910. The first-order valence-corrected chi connectivity index (χ1v) is 7.55. The van der Waals surface area contributed by atoms with Gasteiger partial charge in [0.2, 0.25) is 0 Å². The zero-order chi connectivity index (χ0) is 14.5. The van der Waals surface area contributed by atoms with Gasteiger partial charge in [-0.25, -0.2) is 0 Å². The van der Waals surface area contributed by atoms with Crippen molar-refractivity contribution in [3.05, 3.63) is 28.2 Å². The van der Waals surface area contributed by atoms with E-state index < -0.39 is 0 Å². The first-order chi connectivity index (χ1) is 9.63. The van der Waals surface area contributed by atoms with E-state index in [4.69, 9.17) is 9.47 Å². The van der Waals surface area contributed by atoms with Gasteiger partial charge in [0.25, 0.3) is 0 Å². The van der Waals surface area contributed by atoms with Crippen molar-refractivity contribution >= 4 is 21.7 Å². The lowest BCUT2D eigenvalue weighted by Gasteiger charge is -2.30. The van der Waals surface area contributed by atoms with E-state index in [1.54, 1.807) is 14.2 Å².